The summed E-state index contributed by atoms with van der Waals surface area (Å²) in [6.07, 6.45) is 6.51. The van der Waals surface area contributed by atoms with Crippen LogP contribution in [0, 0.1) is 17.3 Å². The Balaban J connectivity index is 1.36. The van der Waals surface area contributed by atoms with Gasteiger partial charge in [-0.25, -0.2) is 5.43 Å². The molecule has 2 saturated carbocycles. The molecular formula is C25H27ClN2O2. The summed E-state index contributed by atoms with van der Waals surface area (Å²) in [5, 5.41) is 15.0. The largest absolute Gasteiger partial charge is 0.508 e. The standard InChI is InChI=1S/C25H27ClN2O2/c1-25-12-11-20-19-8-6-18(29)14-15(19)5-7-21(20)22(25)9-10-23(25)27-28-24(30)16-3-2-4-17(26)13-16/h2-4,6,8,13-14,20-22,29H,5,7,9-12H2,1H3,(H,28,30)/b27-23-/t20-,21+,22-,25+/m1/s1. The number of amides is 1. The number of hydrazone groups is 1. The number of phenolic OH excluding ortho intramolecular Hbond substituents is 1. The van der Waals surface area contributed by atoms with Crippen molar-refractivity contribution in [2.24, 2.45) is 22.4 Å². The first-order chi connectivity index (χ1) is 14.5. The van der Waals surface area contributed by atoms with Crippen LogP contribution in [0.15, 0.2) is 47.6 Å². The minimum Gasteiger partial charge on any atom is -0.508 e. The minimum atomic E-state index is -0.211. The first-order valence-electron chi connectivity index (χ1n) is 10.9. The van der Waals surface area contributed by atoms with Gasteiger partial charge >= 0.3 is 0 Å². The van der Waals surface area contributed by atoms with E-state index < -0.39 is 0 Å². The molecule has 30 heavy (non-hydrogen) atoms. The van der Waals surface area contributed by atoms with Gasteiger partial charge in [-0.15, -0.1) is 0 Å². The number of aromatic hydroxyl groups is 1. The highest BCUT2D eigenvalue weighted by molar-refractivity contribution is 6.30. The first-order valence-corrected chi connectivity index (χ1v) is 11.3. The molecule has 2 aromatic carbocycles. The summed E-state index contributed by atoms with van der Waals surface area (Å²) in [5.41, 5.74) is 7.26. The average molecular weight is 423 g/mol. The molecule has 0 saturated heterocycles. The molecule has 4 nitrogen and oxygen atoms in total. The highest BCUT2D eigenvalue weighted by atomic mass is 35.5. The molecule has 0 aliphatic heterocycles. The van der Waals surface area contributed by atoms with Crippen molar-refractivity contribution in [3.8, 4) is 5.75 Å². The minimum absolute atomic E-state index is 0.0528. The van der Waals surface area contributed by atoms with Gasteiger partial charge in [0.05, 0.1) is 0 Å². The Kier molecular flexibility index (Phi) is 4.85. The summed E-state index contributed by atoms with van der Waals surface area (Å²) >= 11 is 6.01. The molecular weight excluding hydrogens is 396 g/mol. The average Bonchev–Trinajstić information content (AvgIpc) is 3.08. The maximum absolute atomic E-state index is 12.5. The molecule has 156 valence electrons. The van der Waals surface area contributed by atoms with Gasteiger partial charge in [0, 0.05) is 21.7 Å². The highest BCUT2D eigenvalue weighted by Crippen LogP contribution is 2.59. The summed E-state index contributed by atoms with van der Waals surface area (Å²) in [7, 11) is 0. The van der Waals surface area contributed by atoms with Crippen LogP contribution in [0.2, 0.25) is 5.02 Å². The first kappa shape index (κ1) is 19.6. The van der Waals surface area contributed by atoms with E-state index in [0.717, 1.165) is 37.8 Å². The number of phenols is 1. The molecule has 0 spiro atoms. The van der Waals surface area contributed by atoms with Crippen LogP contribution >= 0.6 is 11.6 Å². The zero-order valence-corrected chi connectivity index (χ0v) is 18.0. The zero-order chi connectivity index (χ0) is 20.9. The molecule has 1 amide bonds. The Hall–Kier alpha value is -2.33. The number of carbonyl (C=O) groups excluding carboxylic acids is 1. The van der Waals surface area contributed by atoms with Gasteiger partial charge in [-0.1, -0.05) is 30.7 Å². The highest BCUT2D eigenvalue weighted by Gasteiger charge is 2.53. The number of fused-ring (bicyclic) bond motifs is 5. The topological polar surface area (TPSA) is 61.7 Å². The molecule has 0 radical (unpaired) electrons. The van der Waals surface area contributed by atoms with Crippen molar-refractivity contribution in [3.05, 3.63) is 64.2 Å². The Morgan fingerprint density at radius 1 is 1.17 bits per heavy atom. The third kappa shape index (κ3) is 3.22. The van der Waals surface area contributed by atoms with Gasteiger partial charge in [0.1, 0.15) is 5.75 Å². The van der Waals surface area contributed by atoms with E-state index >= 15 is 0 Å². The van der Waals surface area contributed by atoms with Crippen molar-refractivity contribution in [1.29, 1.82) is 0 Å². The fourth-order valence-corrected chi connectivity index (χ4v) is 6.54. The van der Waals surface area contributed by atoms with Gasteiger partial charge < -0.3 is 5.11 Å². The zero-order valence-electron chi connectivity index (χ0n) is 17.2. The van der Waals surface area contributed by atoms with Crippen LogP contribution in [0.1, 0.15) is 66.4 Å². The summed E-state index contributed by atoms with van der Waals surface area (Å²) in [5.74, 6) is 1.99. The summed E-state index contributed by atoms with van der Waals surface area (Å²) in [6, 6.07) is 12.9. The van der Waals surface area contributed by atoms with E-state index in [9.17, 15) is 9.90 Å². The van der Waals surface area contributed by atoms with E-state index in [0.29, 0.717) is 34.1 Å². The van der Waals surface area contributed by atoms with E-state index in [1.165, 1.54) is 17.5 Å². The van der Waals surface area contributed by atoms with Crippen molar-refractivity contribution in [1.82, 2.24) is 5.43 Å². The lowest BCUT2D eigenvalue weighted by Crippen LogP contribution is -2.43. The van der Waals surface area contributed by atoms with Crippen molar-refractivity contribution in [2.75, 3.05) is 0 Å². The number of hydrogen-bond acceptors (Lipinski definition) is 3. The molecule has 3 aliphatic rings. The fourth-order valence-electron chi connectivity index (χ4n) is 6.35. The monoisotopic (exact) mass is 422 g/mol. The van der Waals surface area contributed by atoms with Crippen molar-refractivity contribution >= 4 is 23.2 Å². The molecule has 0 aromatic heterocycles. The quantitative estimate of drug-likeness (QED) is 0.611. The van der Waals surface area contributed by atoms with Crippen LogP contribution in [0.5, 0.6) is 5.75 Å². The normalized spacial score (nSPS) is 31.0. The number of nitrogens with zero attached hydrogens (tertiary/aromatic N) is 1. The van der Waals surface area contributed by atoms with E-state index in [1.807, 2.05) is 12.1 Å². The molecule has 5 rings (SSSR count). The summed E-state index contributed by atoms with van der Waals surface area (Å²) < 4.78 is 0. The number of nitrogens with one attached hydrogen (secondary N) is 1. The van der Waals surface area contributed by atoms with Crippen LogP contribution in [0.3, 0.4) is 0 Å². The van der Waals surface area contributed by atoms with Gasteiger partial charge in [0.15, 0.2) is 0 Å². The van der Waals surface area contributed by atoms with Crippen LogP contribution in [-0.2, 0) is 6.42 Å². The molecule has 3 aliphatic carbocycles. The van der Waals surface area contributed by atoms with Gasteiger partial charge in [0.2, 0.25) is 0 Å². The molecule has 4 atom stereocenters. The lowest BCUT2D eigenvalue weighted by atomic mass is 9.55. The predicted molar refractivity (Wildman–Crippen MR) is 119 cm³/mol. The van der Waals surface area contributed by atoms with Gasteiger partial charge in [-0.2, -0.15) is 5.10 Å². The number of aryl methyl sites for hydroxylation is 1. The van der Waals surface area contributed by atoms with E-state index in [4.69, 9.17) is 11.6 Å². The van der Waals surface area contributed by atoms with Crippen molar-refractivity contribution < 1.29 is 9.90 Å². The van der Waals surface area contributed by atoms with Gasteiger partial charge in [-0.3, -0.25) is 4.79 Å². The lowest BCUT2D eigenvalue weighted by molar-refractivity contribution is 0.0930. The van der Waals surface area contributed by atoms with Crippen molar-refractivity contribution in [2.45, 2.75) is 51.4 Å². The lowest BCUT2D eigenvalue weighted by Gasteiger charge is -2.49. The summed E-state index contributed by atoms with van der Waals surface area (Å²) in [6.45, 7) is 2.34. The number of carbonyl (C=O) groups is 1. The van der Waals surface area contributed by atoms with Gasteiger partial charge in [-0.05, 0) is 97.7 Å². The predicted octanol–water partition coefficient (Wildman–Crippen LogP) is 5.69. The van der Waals surface area contributed by atoms with Crippen LogP contribution < -0.4 is 5.43 Å². The Morgan fingerprint density at radius 2 is 2.03 bits per heavy atom. The summed E-state index contributed by atoms with van der Waals surface area (Å²) in [4.78, 5) is 12.5. The second-order valence-corrected chi connectivity index (χ2v) is 9.74. The molecule has 0 unspecified atom stereocenters. The Labute approximate surface area is 182 Å². The molecule has 2 aromatic rings. The molecule has 0 bridgehead atoms. The van der Waals surface area contributed by atoms with Crippen LogP contribution in [0.4, 0.5) is 0 Å². The molecule has 5 heteroatoms. The Morgan fingerprint density at radius 3 is 2.87 bits per heavy atom. The molecule has 0 heterocycles. The van der Waals surface area contributed by atoms with E-state index in [-0.39, 0.29) is 11.3 Å². The fraction of sp³-hybridized carbons (Fsp3) is 0.440. The third-order valence-corrected chi connectivity index (χ3v) is 8.07. The van der Waals surface area contributed by atoms with E-state index in [1.54, 1.807) is 24.3 Å². The second kappa shape index (κ2) is 7.42. The SMILES string of the molecule is C[C@]12CC[C@@H]3c4ccc(O)cc4CC[C@@H]3[C@H]1CC/C2=N/NC(=O)c1cccc(Cl)c1. The second-order valence-electron chi connectivity index (χ2n) is 9.30. The van der Waals surface area contributed by atoms with E-state index in [2.05, 4.69) is 23.5 Å². The van der Waals surface area contributed by atoms with Crippen LogP contribution in [0.25, 0.3) is 0 Å². The number of rotatable bonds is 2. The molecule has 2 fully saturated rings. The maximum atomic E-state index is 12.5. The number of benzene rings is 2. The number of hydrogen-bond donors (Lipinski definition) is 2. The maximum Gasteiger partial charge on any atom is 0.271 e. The smallest absolute Gasteiger partial charge is 0.271 e. The van der Waals surface area contributed by atoms with Gasteiger partial charge in [0.25, 0.3) is 5.91 Å². The van der Waals surface area contributed by atoms with Crippen LogP contribution in [-0.4, -0.2) is 16.7 Å². The Bertz CT molecular complexity index is 1030. The molecule has 2 N–H and O–H groups in total. The third-order valence-electron chi connectivity index (χ3n) is 7.83. The van der Waals surface area contributed by atoms with Crippen molar-refractivity contribution in [3.63, 3.8) is 0 Å². The number of halogens is 1.